The van der Waals surface area contributed by atoms with Gasteiger partial charge in [0.25, 0.3) is 0 Å². The Balaban J connectivity index is 1.60. The molecule has 7 nitrogen and oxygen atoms in total. The van der Waals surface area contributed by atoms with Gasteiger partial charge < -0.3 is 15.0 Å². The predicted molar refractivity (Wildman–Crippen MR) is 105 cm³/mol. The summed E-state index contributed by atoms with van der Waals surface area (Å²) in [6.45, 7) is 3.30. The SMILES string of the molecule is COC(=O)c1ccc(Nc2nc3cccc(N4CCCCC4C)n3n2)cc1. The molecule has 1 saturated heterocycles. The molecule has 1 aliphatic heterocycles. The zero-order valence-electron chi connectivity index (χ0n) is 15.6. The van der Waals surface area contributed by atoms with Gasteiger partial charge in [-0.05, 0) is 62.6 Å². The van der Waals surface area contributed by atoms with Crippen LogP contribution in [0.2, 0.25) is 0 Å². The van der Waals surface area contributed by atoms with E-state index in [1.807, 2.05) is 28.8 Å². The molecule has 1 fully saturated rings. The van der Waals surface area contributed by atoms with E-state index in [1.165, 1.54) is 26.4 Å². The Morgan fingerprint density at radius 1 is 1.19 bits per heavy atom. The van der Waals surface area contributed by atoms with Crippen LogP contribution in [0.15, 0.2) is 42.5 Å². The van der Waals surface area contributed by atoms with Gasteiger partial charge in [0.2, 0.25) is 5.95 Å². The minimum atomic E-state index is -0.354. The molecule has 0 radical (unpaired) electrons. The molecule has 27 heavy (non-hydrogen) atoms. The molecule has 3 aromatic rings. The number of hydrogen-bond acceptors (Lipinski definition) is 6. The van der Waals surface area contributed by atoms with E-state index in [9.17, 15) is 4.79 Å². The first-order valence-electron chi connectivity index (χ1n) is 9.23. The van der Waals surface area contributed by atoms with Crippen molar-refractivity contribution in [2.24, 2.45) is 0 Å². The molecule has 1 atom stereocenters. The molecule has 0 bridgehead atoms. The first-order valence-corrected chi connectivity index (χ1v) is 9.23. The number of hydrogen-bond donors (Lipinski definition) is 1. The number of nitrogens with one attached hydrogen (secondary N) is 1. The highest BCUT2D eigenvalue weighted by Crippen LogP contribution is 2.26. The maximum atomic E-state index is 11.5. The number of anilines is 3. The molecular weight excluding hydrogens is 342 g/mol. The summed E-state index contributed by atoms with van der Waals surface area (Å²) in [6.07, 6.45) is 3.68. The summed E-state index contributed by atoms with van der Waals surface area (Å²) in [5.41, 5.74) is 2.12. The van der Waals surface area contributed by atoms with Gasteiger partial charge in [-0.25, -0.2) is 4.79 Å². The second-order valence-electron chi connectivity index (χ2n) is 6.82. The summed E-state index contributed by atoms with van der Waals surface area (Å²) < 4.78 is 6.62. The second-order valence-corrected chi connectivity index (χ2v) is 6.82. The molecule has 2 aromatic heterocycles. The van der Waals surface area contributed by atoms with Crippen LogP contribution < -0.4 is 10.2 Å². The quantitative estimate of drug-likeness (QED) is 0.712. The summed E-state index contributed by atoms with van der Waals surface area (Å²) in [6, 6.07) is 13.6. The lowest BCUT2D eigenvalue weighted by Gasteiger charge is -2.35. The van der Waals surface area contributed by atoms with Gasteiger partial charge in [-0.15, -0.1) is 5.10 Å². The average Bonchev–Trinajstić information content (AvgIpc) is 3.11. The third kappa shape index (κ3) is 3.45. The monoisotopic (exact) mass is 365 g/mol. The number of pyridine rings is 1. The summed E-state index contributed by atoms with van der Waals surface area (Å²) in [4.78, 5) is 18.5. The van der Waals surface area contributed by atoms with E-state index in [4.69, 9.17) is 4.74 Å². The van der Waals surface area contributed by atoms with E-state index in [1.54, 1.807) is 12.1 Å². The number of rotatable bonds is 4. The maximum absolute atomic E-state index is 11.5. The Morgan fingerprint density at radius 2 is 2.00 bits per heavy atom. The number of nitrogens with zero attached hydrogens (tertiary/aromatic N) is 4. The van der Waals surface area contributed by atoms with Crippen molar-refractivity contribution in [3.8, 4) is 0 Å². The van der Waals surface area contributed by atoms with Gasteiger partial charge in [0, 0.05) is 18.3 Å². The smallest absolute Gasteiger partial charge is 0.337 e. The van der Waals surface area contributed by atoms with Gasteiger partial charge >= 0.3 is 5.97 Å². The van der Waals surface area contributed by atoms with Crippen LogP contribution >= 0.6 is 0 Å². The molecule has 1 unspecified atom stereocenters. The first-order chi connectivity index (χ1) is 13.2. The molecule has 1 aliphatic rings. The number of carbonyl (C=O) groups is 1. The topological polar surface area (TPSA) is 71.8 Å². The number of aromatic nitrogens is 3. The van der Waals surface area contributed by atoms with Gasteiger partial charge in [0.1, 0.15) is 5.82 Å². The van der Waals surface area contributed by atoms with E-state index >= 15 is 0 Å². The summed E-state index contributed by atoms with van der Waals surface area (Å²) in [5, 5.41) is 7.86. The molecule has 1 aromatic carbocycles. The standard InChI is InChI=1S/C20H23N5O2/c1-14-6-3-4-13-24(14)18-8-5-7-17-22-20(23-25(17)18)21-16-11-9-15(10-12-16)19(26)27-2/h5,7-12,14H,3-4,6,13H2,1-2H3,(H,21,23). The van der Waals surface area contributed by atoms with Crippen LogP contribution in [0, 0.1) is 0 Å². The lowest BCUT2D eigenvalue weighted by atomic mass is 10.0. The molecule has 0 spiro atoms. The molecule has 3 heterocycles. The minimum absolute atomic E-state index is 0.354. The largest absolute Gasteiger partial charge is 0.465 e. The van der Waals surface area contributed by atoms with Gasteiger partial charge in [-0.3, -0.25) is 0 Å². The van der Waals surface area contributed by atoms with Crippen LogP contribution in [0.5, 0.6) is 0 Å². The average molecular weight is 365 g/mol. The molecule has 7 heteroatoms. The van der Waals surface area contributed by atoms with Crippen molar-refractivity contribution in [2.45, 2.75) is 32.2 Å². The van der Waals surface area contributed by atoms with Crippen molar-refractivity contribution < 1.29 is 9.53 Å². The fraction of sp³-hybridized carbons (Fsp3) is 0.350. The Bertz CT molecular complexity index is 951. The molecular formula is C20H23N5O2. The predicted octanol–water partition coefficient (Wildman–Crippen LogP) is 3.64. The van der Waals surface area contributed by atoms with Crippen molar-refractivity contribution in [3.05, 3.63) is 48.0 Å². The fourth-order valence-corrected chi connectivity index (χ4v) is 3.54. The molecule has 4 rings (SSSR count). The Kier molecular flexibility index (Phi) is 4.66. The molecule has 0 saturated carbocycles. The zero-order valence-corrected chi connectivity index (χ0v) is 15.6. The van der Waals surface area contributed by atoms with Crippen LogP contribution in [0.3, 0.4) is 0 Å². The molecule has 0 amide bonds. The zero-order chi connectivity index (χ0) is 18.8. The van der Waals surface area contributed by atoms with Crippen molar-refractivity contribution in [2.75, 3.05) is 23.9 Å². The van der Waals surface area contributed by atoms with E-state index in [0.29, 0.717) is 17.6 Å². The number of methoxy groups -OCH3 is 1. The highest BCUT2D eigenvalue weighted by Gasteiger charge is 2.21. The number of piperidine rings is 1. The maximum Gasteiger partial charge on any atom is 0.337 e. The van der Waals surface area contributed by atoms with Crippen LogP contribution in [-0.4, -0.2) is 40.3 Å². The lowest BCUT2D eigenvalue weighted by molar-refractivity contribution is 0.0601. The van der Waals surface area contributed by atoms with E-state index < -0.39 is 0 Å². The number of fused-ring (bicyclic) bond motifs is 1. The summed E-state index contributed by atoms with van der Waals surface area (Å²) >= 11 is 0. The number of benzene rings is 1. The highest BCUT2D eigenvalue weighted by molar-refractivity contribution is 5.89. The van der Waals surface area contributed by atoms with E-state index in [0.717, 1.165) is 23.7 Å². The number of ether oxygens (including phenoxy) is 1. The molecule has 1 N–H and O–H groups in total. The highest BCUT2D eigenvalue weighted by atomic mass is 16.5. The van der Waals surface area contributed by atoms with Crippen LogP contribution in [0.4, 0.5) is 17.5 Å². The minimum Gasteiger partial charge on any atom is -0.465 e. The molecule has 140 valence electrons. The Hall–Kier alpha value is -3.09. The van der Waals surface area contributed by atoms with E-state index in [-0.39, 0.29) is 5.97 Å². The van der Waals surface area contributed by atoms with E-state index in [2.05, 4.69) is 33.3 Å². The fourth-order valence-electron chi connectivity index (χ4n) is 3.54. The second kappa shape index (κ2) is 7.26. The first kappa shape index (κ1) is 17.3. The van der Waals surface area contributed by atoms with Gasteiger partial charge in [-0.1, -0.05) is 6.07 Å². The van der Waals surface area contributed by atoms with Crippen LogP contribution in [0.1, 0.15) is 36.5 Å². The van der Waals surface area contributed by atoms with Gasteiger partial charge in [0.05, 0.1) is 12.7 Å². The molecule has 0 aliphatic carbocycles. The normalized spacial score (nSPS) is 17.1. The third-order valence-electron chi connectivity index (χ3n) is 5.00. The number of esters is 1. The Morgan fingerprint density at radius 3 is 2.74 bits per heavy atom. The van der Waals surface area contributed by atoms with Crippen LogP contribution in [0.25, 0.3) is 5.65 Å². The van der Waals surface area contributed by atoms with Crippen molar-refractivity contribution in [3.63, 3.8) is 0 Å². The van der Waals surface area contributed by atoms with Gasteiger partial charge in [0.15, 0.2) is 5.65 Å². The lowest BCUT2D eigenvalue weighted by Crippen LogP contribution is -2.38. The third-order valence-corrected chi connectivity index (χ3v) is 5.00. The Labute approximate surface area is 158 Å². The van der Waals surface area contributed by atoms with Crippen molar-refractivity contribution in [1.82, 2.24) is 14.6 Å². The van der Waals surface area contributed by atoms with Crippen LogP contribution in [-0.2, 0) is 4.74 Å². The summed E-state index contributed by atoms with van der Waals surface area (Å²) in [7, 11) is 1.37. The number of carbonyl (C=O) groups excluding carboxylic acids is 1. The van der Waals surface area contributed by atoms with Crippen molar-refractivity contribution >= 4 is 29.1 Å². The summed E-state index contributed by atoms with van der Waals surface area (Å²) in [5.74, 6) is 1.24. The van der Waals surface area contributed by atoms with Gasteiger partial charge in [-0.2, -0.15) is 9.50 Å². The van der Waals surface area contributed by atoms with Crippen molar-refractivity contribution in [1.29, 1.82) is 0 Å².